The van der Waals surface area contributed by atoms with Crippen LogP contribution in [0.2, 0.25) is 0 Å². The summed E-state index contributed by atoms with van der Waals surface area (Å²) in [4.78, 5) is 2.29. The van der Waals surface area contributed by atoms with Gasteiger partial charge in [-0.2, -0.15) is 5.23 Å². The molecule has 25 heavy (non-hydrogen) atoms. The number of quaternary nitrogens is 1. The number of hydrogen-bond acceptors (Lipinski definition) is 5. The van der Waals surface area contributed by atoms with Crippen molar-refractivity contribution in [1.29, 1.82) is 0 Å². The molecule has 2 atom stereocenters. The Morgan fingerprint density at radius 3 is 2.84 bits per heavy atom. The summed E-state index contributed by atoms with van der Waals surface area (Å²) >= 11 is 0. The third-order valence-corrected chi connectivity index (χ3v) is 4.78. The second kappa shape index (κ2) is 7.95. The average Bonchev–Trinajstić information content (AvgIpc) is 3.09. The number of nitrogens with one attached hydrogen (secondary N) is 1. The first kappa shape index (κ1) is 17.8. The Labute approximate surface area is 147 Å². The van der Waals surface area contributed by atoms with Gasteiger partial charge in [0.15, 0.2) is 5.69 Å². The molecule has 1 aliphatic rings. The van der Waals surface area contributed by atoms with Crippen molar-refractivity contribution in [2.75, 3.05) is 20.3 Å². The molecule has 0 amide bonds. The highest BCUT2D eigenvalue weighted by molar-refractivity contribution is 5.73. The summed E-state index contributed by atoms with van der Waals surface area (Å²) in [5.74, 6) is 0.714. The van der Waals surface area contributed by atoms with Gasteiger partial charge in [-0.05, 0) is 42.6 Å². The number of hydrogen-bond donors (Lipinski definition) is 3. The van der Waals surface area contributed by atoms with E-state index in [0.29, 0.717) is 5.75 Å². The molecular weight excluding hydrogens is 320 g/mol. The van der Waals surface area contributed by atoms with E-state index in [4.69, 9.17) is 4.74 Å². The number of ether oxygens (including phenoxy) is 1. The highest BCUT2D eigenvalue weighted by Crippen LogP contribution is 2.32. The predicted molar refractivity (Wildman–Crippen MR) is 94.7 cm³/mol. The number of methoxy groups -OCH3 is 1. The molecule has 0 bridgehead atoms. The fourth-order valence-electron chi connectivity index (χ4n) is 3.44. The Morgan fingerprint density at radius 2 is 2.12 bits per heavy atom. The van der Waals surface area contributed by atoms with Gasteiger partial charge in [-0.3, -0.25) is 4.90 Å². The molecule has 3 N–H and O–H groups in total. The quantitative estimate of drug-likeness (QED) is 0.696. The van der Waals surface area contributed by atoms with Crippen LogP contribution in [0.15, 0.2) is 42.5 Å². The first-order valence-corrected chi connectivity index (χ1v) is 8.48. The Balaban J connectivity index is 1.91. The van der Waals surface area contributed by atoms with Crippen molar-refractivity contribution in [3.05, 3.63) is 53.2 Å². The monoisotopic (exact) mass is 344 g/mol. The minimum absolute atomic E-state index is 0.184. The molecule has 2 aromatic rings. The Hall–Kier alpha value is -1.96. The summed E-state index contributed by atoms with van der Waals surface area (Å²) in [6.07, 6.45) is 2.13. The molecule has 1 fully saturated rings. The minimum Gasteiger partial charge on any atom is -0.595 e. The van der Waals surface area contributed by atoms with Gasteiger partial charge in [0.1, 0.15) is 5.75 Å². The predicted octanol–water partition coefficient (Wildman–Crippen LogP) is 1.72. The molecule has 0 aromatic heterocycles. The van der Waals surface area contributed by atoms with E-state index in [9.17, 15) is 15.5 Å². The summed E-state index contributed by atoms with van der Waals surface area (Å²) in [6.45, 7) is 1.94. The van der Waals surface area contributed by atoms with Gasteiger partial charge >= 0.3 is 0 Å². The van der Waals surface area contributed by atoms with Crippen molar-refractivity contribution in [2.45, 2.75) is 25.4 Å². The lowest BCUT2D eigenvalue weighted by Crippen LogP contribution is -2.99. The normalized spacial score (nSPS) is 19.1. The standard InChI is InChI=1S/C19H24N2O4/c1-25-19-8-7-14(12-20-9-3-6-17(20)13-22)10-18(19)15-4-2-5-16(11-15)21(23)24/h2,4-5,7-8,10-11,17,21-23H,3,6,9,12-13H2,1H3/t17-/m0/s1. The number of nitrogens with zero attached hydrogens (tertiary/aromatic N) is 1. The van der Waals surface area contributed by atoms with Gasteiger partial charge in [-0.15, -0.1) is 0 Å². The Kier molecular flexibility index (Phi) is 5.67. The second-order valence-electron chi connectivity index (χ2n) is 6.37. The molecule has 1 unspecified atom stereocenters. The van der Waals surface area contributed by atoms with E-state index >= 15 is 0 Å². The molecule has 6 heteroatoms. The molecule has 0 saturated carbocycles. The topological polar surface area (TPSA) is 80.4 Å². The first-order valence-electron chi connectivity index (χ1n) is 8.48. The van der Waals surface area contributed by atoms with Gasteiger partial charge in [0.2, 0.25) is 0 Å². The SMILES string of the molecule is COc1ccc(CN2CCC[C@H]2CO)cc1-c1cccc([NH+]([O-])O)c1. The van der Waals surface area contributed by atoms with E-state index in [0.717, 1.165) is 42.6 Å². The maximum Gasteiger partial charge on any atom is 0.164 e. The first-order chi connectivity index (χ1) is 12.1. The zero-order chi connectivity index (χ0) is 17.8. The number of aliphatic hydroxyl groups excluding tert-OH is 1. The number of rotatable bonds is 6. The Bertz CT molecular complexity index is 720. The van der Waals surface area contributed by atoms with Gasteiger partial charge in [-0.1, -0.05) is 18.2 Å². The summed E-state index contributed by atoms with van der Waals surface area (Å²) in [5, 5.41) is 29.0. The molecule has 0 spiro atoms. The van der Waals surface area contributed by atoms with E-state index < -0.39 is 5.23 Å². The third kappa shape index (κ3) is 4.00. The van der Waals surface area contributed by atoms with E-state index in [1.807, 2.05) is 24.3 Å². The largest absolute Gasteiger partial charge is 0.595 e. The van der Waals surface area contributed by atoms with Crippen LogP contribution in [0, 0.1) is 5.21 Å². The smallest absolute Gasteiger partial charge is 0.164 e. The zero-order valence-electron chi connectivity index (χ0n) is 14.3. The van der Waals surface area contributed by atoms with Gasteiger partial charge < -0.3 is 15.1 Å². The van der Waals surface area contributed by atoms with Crippen LogP contribution in [-0.2, 0) is 6.54 Å². The van der Waals surface area contributed by atoms with Gasteiger partial charge in [0.25, 0.3) is 0 Å². The number of likely N-dealkylation sites (tertiary alicyclic amines) is 1. The summed E-state index contributed by atoms with van der Waals surface area (Å²) in [6, 6.07) is 13.1. The van der Waals surface area contributed by atoms with Crippen LogP contribution in [0.5, 0.6) is 5.75 Å². The highest BCUT2D eigenvalue weighted by atomic mass is 16.8. The second-order valence-corrected chi connectivity index (χ2v) is 6.37. The lowest BCUT2D eigenvalue weighted by atomic mass is 10.0. The van der Waals surface area contributed by atoms with Gasteiger partial charge in [0, 0.05) is 30.3 Å². The lowest BCUT2D eigenvalue weighted by Gasteiger charge is -2.23. The van der Waals surface area contributed by atoms with E-state index in [1.54, 1.807) is 25.3 Å². The van der Waals surface area contributed by atoms with Crippen molar-refractivity contribution in [2.24, 2.45) is 0 Å². The molecule has 3 rings (SSSR count). The average molecular weight is 344 g/mol. The van der Waals surface area contributed by atoms with Crippen molar-refractivity contribution in [3.63, 3.8) is 0 Å². The van der Waals surface area contributed by atoms with E-state index in [1.165, 1.54) is 0 Å². The van der Waals surface area contributed by atoms with Crippen molar-refractivity contribution >= 4 is 5.69 Å². The van der Waals surface area contributed by atoms with Crippen LogP contribution in [0.3, 0.4) is 0 Å². The maximum absolute atomic E-state index is 11.2. The number of benzene rings is 2. The van der Waals surface area contributed by atoms with Crippen molar-refractivity contribution in [1.82, 2.24) is 4.90 Å². The molecule has 1 aliphatic heterocycles. The third-order valence-electron chi connectivity index (χ3n) is 4.78. The fourth-order valence-corrected chi connectivity index (χ4v) is 3.44. The minimum atomic E-state index is -0.945. The molecule has 0 aliphatic carbocycles. The molecule has 0 radical (unpaired) electrons. The molecule has 134 valence electrons. The summed E-state index contributed by atoms with van der Waals surface area (Å²) in [5.41, 5.74) is 3.07. The number of aliphatic hydroxyl groups is 1. The summed E-state index contributed by atoms with van der Waals surface area (Å²) < 4.78 is 5.47. The zero-order valence-corrected chi connectivity index (χ0v) is 14.3. The van der Waals surface area contributed by atoms with Gasteiger partial charge in [-0.25, -0.2) is 5.21 Å². The Morgan fingerprint density at radius 1 is 1.28 bits per heavy atom. The van der Waals surface area contributed by atoms with Crippen LogP contribution in [0.4, 0.5) is 5.69 Å². The van der Waals surface area contributed by atoms with Crippen LogP contribution in [0.1, 0.15) is 18.4 Å². The molecule has 6 nitrogen and oxygen atoms in total. The van der Waals surface area contributed by atoms with Crippen LogP contribution < -0.4 is 9.96 Å². The fraction of sp³-hybridized carbons (Fsp3) is 0.368. The molecule has 1 saturated heterocycles. The van der Waals surface area contributed by atoms with Crippen LogP contribution in [0.25, 0.3) is 11.1 Å². The highest BCUT2D eigenvalue weighted by Gasteiger charge is 2.23. The lowest BCUT2D eigenvalue weighted by molar-refractivity contribution is -0.991. The van der Waals surface area contributed by atoms with Crippen molar-refractivity contribution < 1.29 is 20.3 Å². The maximum atomic E-state index is 11.2. The van der Waals surface area contributed by atoms with Gasteiger partial charge in [0.05, 0.1) is 13.7 Å². The molecule has 2 aromatic carbocycles. The van der Waals surface area contributed by atoms with E-state index in [-0.39, 0.29) is 18.3 Å². The van der Waals surface area contributed by atoms with Crippen LogP contribution in [-0.4, -0.2) is 41.5 Å². The molecular formula is C19H24N2O4. The summed E-state index contributed by atoms with van der Waals surface area (Å²) in [7, 11) is 1.61. The molecule has 1 heterocycles. The van der Waals surface area contributed by atoms with Crippen molar-refractivity contribution in [3.8, 4) is 16.9 Å². The van der Waals surface area contributed by atoms with E-state index in [2.05, 4.69) is 4.90 Å². The van der Waals surface area contributed by atoms with Crippen LogP contribution >= 0.6 is 0 Å².